The van der Waals surface area contributed by atoms with Gasteiger partial charge in [-0.15, -0.1) is 9.45 Å². The van der Waals surface area contributed by atoms with Crippen LogP contribution in [0.3, 0.4) is 0 Å². The first kappa shape index (κ1) is 27.1. The minimum absolute atomic E-state index is 0.139. The van der Waals surface area contributed by atoms with Crippen LogP contribution in [0.4, 0.5) is 5.69 Å². The van der Waals surface area contributed by atoms with Crippen LogP contribution in [-0.2, 0) is 67.3 Å². The summed E-state index contributed by atoms with van der Waals surface area (Å²) in [7, 11) is -6.00. The molecule has 1 aromatic rings. The lowest BCUT2D eigenvalue weighted by Crippen LogP contribution is -2.31. The molecule has 0 heterocycles. The molecule has 0 aliphatic heterocycles. The van der Waals surface area contributed by atoms with Gasteiger partial charge in [0.15, 0.2) is 0 Å². The molecular weight excluding hydrogens is 470 g/mol. The molecule has 1 atom stereocenters. The van der Waals surface area contributed by atoms with E-state index < -0.39 is 20.2 Å². The van der Waals surface area contributed by atoms with Crippen LogP contribution >= 0.6 is 0 Å². The molecule has 12 heteroatoms. The van der Waals surface area contributed by atoms with Gasteiger partial charge < -0.3 is 4.90 Å². The number of carbonyl (C=O) groups is 1. The zero-order valence-corrected chi connectivity index (χ0v) is 21.3. The predicted octanol–water partition coefficient (Wildman–Crippen LogP) is 1.87. The van der Waals surface area contributed by atoms with Crippen LogP contribution in [0.1, 0.15) is 37.8 Å². The van der Waals surface area contributed by atoms with Gasteiger partial charge in [0.2, 0.25) is 5.91 Å². The Morgan fingerprint density at radius 2 is 1.47 bits per heavy atom. The van der Waals surface area contributed by atoms with Gasteiger partial charge in [-0.05, 0) is 35.9 Å². The first-order valence-electron chi connectivity index (χ1n) is 8.92. The number of carbonyl (C=O) groups excluding carboxylic acids is 1. The van der Waals surface area contributed by atoms with Crippen molar-refractivity contribution in [2.45, 2.75) is 44.6 Å². The van der Waals surface area contributed by atoms with Gasteiger partial charge in [-0.25, -0.2) is 0 Å². The zero-order valence-electron chi connectivity index (χ0n) is 18.0. The molecule has 1 amide bonds. The zero-order chi connectivity index (χ0) is 23.3. The SMILES string of the molecule is CN(C(=O)CCC(C)(C)S(C)=S)c1cc(COS(C)(=O)=O)cc(COS(C)(=O)=O)c1. The van der Waals surface area contributed by atoms with E-state index in [1.165, 1.54) is 4.90 Å². The highest BCUT2D eigenvalue weighted by atomic mass is 32.8. The Balaban J connectivity index is 3.11. The van der Waals surface area contributed by atoms with Gasteiger partial charge in [0.05, 0.1) is 25.7 Å². The maximum absolute atomic E-state index is 12.7. The van der Waals surface area contributed by atoms with Crippen molar-refractivity contribution in [3.8, 4) is 0 Å². The first-order chi connectivity index (χ1) is 13.5. The minimum Gasteiger partial charge on any atom is -0.315 e. The quantitative estimate of drug-likeness (QED) is 0.425. The third-order valence-corrected chi connectivity index (χ3v) is 8.60. The second-order valence-electron chi connectivity index (χ2n) is 7.61. The number of nitrogens with zero attached hydrogens (tertiary/aromatic N) is 1. The van der Waals surface area contributed by atoms with Gasteiger partial charge >= 0.3 is 0 Å². The summed E-state index contributed by atoms with van der Waals surface area (Å²) < 4.78 is 54.7. The van der Waals surface area contributed by atoms with E-state index in [9.17, 15) is 21.6 Å². The third kappa shape index (κ3) is 9.92. The van der Waals surface area contributed by atoms with E-state index in [1.54, 1.807) is 25.2 Å². The molecule has 1 aromatic carbocycles. The molecule has 0 spiro atoms. The monoisotopic (exact) mass is 499 g/mol. The van der Waals surface area contributed by atoms with Crippen molar-refractivity contribution in [1.29, 1.82) is 0 Å². The lowest BCUT2D eigenvalue weighted by molar-refractivity contribution is -0.118. The van der Waals surface area contributed by atoms with Crippen molar-refractivity contribution in [2.24, 2.45) is 0 Å². The van der Waals surface area contributed by atoms with Crippen molar-refractivity contribution in [1.82, 2.24) is 0 Å². The molecule has 1 rings (SSSR count). The van der Waals surface area contributed by atoms with Crippen LogP contribution in [0.25, 0.3) is 0 Å². The maximum Gasteiger partial charge on any atom is 0.264 e. The summed E-state index contributed by atoms with van der Waals surface area (Å²) in [5.74, 6) is -0.139. The Kier molecular flexibility index (Phi) is 9.58. The molecule has 1 unspecified atom stereocenters. The second-order valence-corrected chi connectivity index (χ2v) is 14.4. The fourth-order valence-electron chi connectivity index (χ4n) is 2.32. The van der Waals surface area contributed by atoms with Gasteiger partial charge in [-0.2, -0.15) is 16.8 Å². The van der Waals surface area contributed by atoms with E-state index in [2.05, 4.69) is 0 Å². The Labute approximate surface area is 186 Å². The molecule has 0 saturated carbocycles. The molecule has 0 aliphatic rings. The lowest BCUT2D eigenvalue weighted by atomic mass is 10.1. The molecule has 0 aromatic heterocycles. The number of anilines is 1. The van der Waals surface area contributed by atoms with Crippen LogP contribution in [0.2, 0.25) is 0 Å². The highest BCUT2D eigenvalue weighted by Gasteiger charge is 2.22. The molecule has 0 N–H and O–H groups in total. The van der Waals surface area contributed by atoms with Gasteiger partial charge in [0.25, 0.3) is 20.2 Å². The molecule has 0 radical (unpaired) electrons. The summed E-state index contributed by atoms with van der Waals surface area (Å²) in [4.78, 5) is 14.2. The largest absolute Gasteiger partial charge is 0.315 e. The number of hydrogen-bond acceptors (Lipinski definition) is 8. The standard InChI is InChI=1S/C18H29NO7S4/c1-18(2,28(4)27)8-7-17(20)19(3)16-10-14(12-25-29(5,21)22)9-15(11-16)13-26-30(6,23)24/h9-11H,7-8,12-13H2,1-6H3. The third-order valence-electron chi connectivity index (χ3n) is 4.40. The van der Waals surface area contributed by atoms with Crippen molar-refractivity contribution >= 4 is 52.5 Å². The topological polar surface area (TPSA) is 107 Å². The van der Waals surface area contributed by atoms with Gasteiger partial charge in [-0.1, -0.05) is 31.1 Å². The number of amides is 1. The van der Waals surface area contributed by atoms with Crippen LogP contribution in [0, 0.1) is 0 Å². The molecule has 30 heavy (non-hydrogen) atoms. The van der Waals surface area contributed by atoms with E-state index in [-0.39, 0.29) is 39.7 Å². The van der Waals surface area contributed by atoms with E-state index in [1.807, 2.05) is 20.1 Å². The molecule has 0 aliphatic carbocycles. The van der Waals surface area contributed by atoms with Crippen LogP contribution < -0.4 is 4.90 Å². The van der Waals surface area contributed by atoms with Crippen molar-refractivity contribution in [2.75, 3.05) is 30.7 Å². The highest BCUT2D eigenvalue weighted by molar-refractivity contribution is 8.29. The Morgan fingerprint density at radius 1 is 1.03 bits per heavy atom. The molecule has 8 nitrogen and oxygen atoms in total. The number of benzene rings is 1. The lowest BCUT2D eigenvalue weighted by Gasteiger charge is -2.26. The molecule has 172 valence electrons. The summed E-state index contributed by atoms with van der Waals surface area (Å²) in [6, 6.07) is 4.81. The van der Waals surface area contributed by atoms with Gasteiger partial charge in [-0.3, -0.25) is 13.2 Å². The molecular formula is C18H29NO7S4. The fraction of sp³-hybridized carbons (Fsp3) is 0.611. The maximum atomic E-state index is 12.7. The molecule has 0 saturated heterocycles. The fourth-order valence-corrected chi connectivity index (χ4v) is 3.66. The first-order valence-corrected chi connectivity index (χ1v) is 15.1. The Bertz CT molecular complexity index is 947. The van der Waals surface area contributed by atoms with Crippen LogP contribution in [0.15, 0.2) is 18.2 Å². The minimum atomic E-state index is -3.67. The summed E-state index contributed by atoms with van der Waals surface area (Å²) in [5, 5.41) is 0. The Morgan fingerprint density at radius 3 is 1.83 bits per heavy atom. The number of rotatable bonds is 11. The van der Waals surface area contributed by atoms with Crippen LogP contribution in [-0.4, -0.2) is 53.3 Å². The predicted molar refractivity (Wildman–Crippen MR) is 123 cm³/mol. The van der Waals surface area contributed by atoms with E-state index in [4.69, 9.17) is 19.6 Å². The van der Waals surface area contributed by atoms with Crippen molar-refractivity contribution in [3.63, 3.8) is 0 Å². The van der Waals surface area contributed by atoms with Crippen molar-refractivity contribution < 1.29 is 30.0 Å². The summed E-state index contributed by atoms with van der Waals surface area (Å²) in [5.41, 5.74) is 1.41. The summed E-state index contributed by atoms with van der Waals surface area (Å²) in [6.45, 7) is 3.56. The van der Waals surface area contributed by atoms with E-state index >= 15 is 0 Å². The Hall–Kier alpha value is -0.920. The molecule has 0 fully saturated rings. The number of hydrogen-bond donors (Lipinski definition) is 0. The average molecular weight is 500 g/mol. The summed E-state index contributed by atoms with van der Waals surface area (Å²) in [6.07, 6.45) is 4.74. The van der Waals surface area contributed by atoms with E-state index in [0.29, 0.717) is 23.2 Å². The highest BCUT2D eigenvalue weighted by Crippen LogP contribution is 2.24. The van der Waals surface area contributed by atoms with Gasteiger partial charge in [0, 0.05) is 23.9 Å². The smallest absolute Gasteiger partial charge is 0.264 e. The van der Waals surface area contributed by atoms with Gasteiger partial charge in [0.1, 0.15) is 0 Å². The molecule has 0 bridgehead atoms. The normalized spacial score (nSPS) is 13.8. The van der Waals surface area contributed by atoms with Crippen molar-refractivity contribution in [3.05, 3.63) is 29.3 Å². The average Bonchev–Trinajstić information content (AvgIpc) is 2.60. The second kappa shape index (κ2) is 10.6. The van der Waals surface area contributed by atoms with E-state index in [0.717, 1.165) is 12.5 Å². The summed E-state index contributed by atoms with van der Waals surface area (Å²) >= 11 is 5.36. The van der Waals surface area contributed by atoms with Crippen LogP contribution in [0.5, 0.6) is 0 Å².